The van der Waals surface area contributed by atoms with E-state index in [-0.39, 0.29) is 17.7 Å². The first kappa shape index (κ1) is 19.3. The van der Waals surface area contributed by atoms with Gasteiger partial charge in [-0.25, -0.2) is 0 Å². The molecular formula is C22H29N3O2+2. The van der Waals surface area contributed by atoms with E-state index in [4.69, 9.17) is 0 Å². The summed E-state index contributed by atoms with van der Waals surface area (Å²) in [7, 11) is 0. The van der Waals surface area contributed by atoms with Gasteiger partial charge >= 0.3 is 0 Å². The molecule has 27 heavy (non-hydrogen) atoms. The number of Topliss-reactive ketones (excluding diaryl/α,β-unsaturated/α-hetero) is 1. The minimum Gasteiger partial charge on any atom is -0.322 e. The Hall–Kier alpha value is -2.50. The van der Waals surface area contributed by atoms with Crippen molar-refractivity contribution in [3.8, 4) is 0 Å². The smallest absolute Gasteiger partial charge is 0.282 e. The van der Waals surface area contributed by atoms with Crippen LogP contribution in [0.4, 0.5) is 5.69 Å². The van der Waals surface area contributed by atoms with Crippen LogP contribution in [-0.4, -0.2) is 43.9 Å². The number of nitrogens with one attached hydrogen (secondary N) is 3. The van der Waals surface area contributed by atoms with E-state index in [1.807, 2.05) is 19.1 Å². The molecule has 2 aromatic rings. The number of hydrogen-bond acceptors (Lipinski definition) is 2. The Kier molecular flexibility index (Phi) is 6.37. The van der Waals surface area contributed by atoms with Gasteiger partial charge in [-0.2, -0.15) is 0 Å². The van der Waals surface area contributed by atoms with Crippen LogP contribution >= 0.6 is 0 Å². The Morgan fingerprint density at radius 2 is 1.70 bits per heavy atom. The van der Waals surface area contributed by atoms with Gasteiger partial charge in [-0.1, -0.05) is 42.5 Å². The van der Waals surface area contributed by atoms with Crippen LogP contribution in [0.3, 0.4) is 0 Å². The summed E-state index contributed by atoms with van der Waals surface area (Å²) in [6.07, 6.45) is 0. The Morgan fingerprint density at radius 3 is 2.37 bits per heavy atom. The third-order valence-corrected chi connectivity index (χ3v) is 5.44. The van der Waals surface area contributed by atoms with Gasteiger partial charge in [0.1, 0.15) is 32.7 Å². The molecule has 0 saturated carbocycles. The lowest BCUT2D eigenvalue weighted by Crippen LogP contribution is -3.29. The molecule has 2 aromatic carbocycles. The SMILES string of the molecule is CC(=O)c1cccc(NC(=O)[C@H](C)[NH+]2CC[NH+](Cc3ccccc3)CC2)c1. The third-order valence-electron chi connectivity index (χ3n) is 5.44. The maximum absolute atomic E-state index is 12.6. The summed E-state index contributed by atoms with van der Waals surface area (Å²) in [6, 6.07) is 17.6. The van der Waals surface area contributed by atoms with Crippen molar-refractivity contribution in [3.63, 3.8) is 0 Å². The normalized spacial score (nSPS) is 20.7. The lowest BCUT2D eigenvalue weighted by Gasteiger charge is -2.32. The number of piperazine rings is 1. The van der Waals surface area contributed by atoms with Crippen LogP contribution in [0.5, 0.6) is 0 Å². The molecule has 1 aliphatic heterocycles. The van der Waals surface area contributed by atoms with Crippen molar-refractivity contribution in [2.75, 3.05) is 31.5 Å². The summed E-state index contributed by atoms with van der Waals surface area (Å²) < 4.78 is 0. The molecule has 3 N–H and O–H groups in total. The Labute approximate surface area is 161 Å². The largest absolute Gasteiger partial charge is 0.322 e. The Morgan fingerprint density at radius 1 is 1.00 bits per heavy atom. The number of anilines is 1. The van der Waals surface area contributed by atoms with Gasteiger partial charge in [-0.15, -0.1) is 0 Å². The number of rotatable bonds is 6. The summed E-state index contributed by atoms with van der Waals surface area (Å²) in [6.45, 7) is 8.69. The summed E-state index contributed by atoms with van der Waals surface area (Å²) >= 11 is 0. The van der Waals surface area contributed by atoms with E-state index in [1.165, 1.54) is 17.4 Å². The van der Waals surface area contributed by atoms with Crippen molar-refractivity contribution in [2.24, 2.45) is 0 Å². The standard InChI is InChI=1S/C22H27N3O2/c1-17(22(27)23-21-10-6-9-20(15-21)18(2)26)25-13-11-24(12-14-25)16-19-7-4-3-5-8-19/h3-10,15,17H,11-14,16H2,1-2H3,(H,23,27)/p+2/t17-/m0/s1. The molecule has 0 radical (unpaired) electrons. The second-order valence-corrected chi connectivity index (χ2v) is 7.42. The predicted molar refractivity (Wildman–Crippen MR) is 106 cm³/mol. The van der Waals surface area contributed by atoms with E-state index in [9.17, 15) is 9.59 Å². The highest BCUT2D eigenvalue weighted by molar-refractivity contribution is 5.97. The van der Waals surface area contributed by atoms with Gasteiger partial charge < -0.3 is 15.1 Å². The first-order valence-electron chi connectivity index (χ1n) is 9.67. The van der Waals surface area contributed by atoms with Crippen molar-refractivity contribution >= 4 is 17.4 Å². The molecule has 1 fully saturated rings. The van der Waals surface area contributed by atoms with Crippen molar-refractivity contribution in [2.45, 2.75) is 26.4 Å². The van der Waals surface area contributed by atoms with Crippen LogP contribution in [0.15, 0.2) is 54.6 Å². The van der Waals surface area contributed by atoms with Crippen LogP contribution in [0, 0.1) is 0 Å². The molecule has 142 valence electrons. The first-order valence-corrected chi connectivity index (χ1v) is 9.67. The fourth-order valence-electron chi connectivity index (χ4n) is 3.67. The molecule has 1 amide bonds. The van der Waals surface area contributed by atoms with E-state index >= 15 is 0 Å². The molecule has 0 spiro atoms. The number of carbonyl (C=O) groups excluding carboxylic acids is 2. The second kappa shape index (κ2) is 8.93. The van der Waals surface area contributed by atoms with Crippen LogP contribution in [0.1, 0.15) is 29.8 Å². The molecule has 0 unspecified atom stereocenters. The van der Waals surface area contributed by atoms with Crippen LogP contribution in [0.25, 0.3) is 0 Å². The van der Waals surface area contributed by atoms with E-state index in [0.29, 0.717) is 11.3 Å². The maximum atomic E-state index is 12.6. The van der Waals surface area contributed by atoms with Gasteiger partial charge in [0, 0.05) is 16.8 Å². The number of benzene rings is 2. The van der Waals surface area contributed by atoms with Crippen molar-refractivity contribution in [1.29, 1.82) is 0 Å². The monoisotopic (exact) mass is 367 g/mol. The zero-order valence-corrected chi connectivity index (χ0v) is 16.1. The van der Waals surface area contributed by atoms with Gasteiger partial charge in [0.2, 0.25) is 0 Å². The summed E-state index contributed by atoms with van der Waals surface area (Å²) in [5, 5.41) is 2.97. The van der Waals surface area contributed by atoms with Crippen LogP contribution < -0.4 is 15.1 Å². The van der Waals surface area contributed by atoms with Crippen molar-refractivity contribution < 1.29 is 19.4 Å². The zero-order chi connectivity index (χ0) is 19.2. The molecule has 5 nitrogen and oxygen atoms in total. The number of amides is 1. The fourth-order valence-corrected chi connectivity index (χ4v) is 3.67. The molecular weight excluding hydrogens is 338 g/mol. The molecule has 1 aliphatic rings. The Balaban J connectivity index is 1.51. The van der Waals surface area contributed by atoms with E-state index in [0.717, 1.165) is 32.7 Å². The second-order valence-electron chi connectivity index (χ2n) is 7.42. The molecule has 0 aliphatic carbocycles. The number of quaternary nitrogens is 2. The highest BCUT2D eigenvalue weighted by Crippen LogP contribution is 2.11. The highest BCUT2D eigenvalue weighted by atomic mass is 16.2. The lowest BCUT2D eigenvalue weighted by atomic mass is 10.1. The molecule has 3 rings (SSSR count). The minimum absolute atomic E-state index is 0.00212. The number of hydrogen-bond donors (Lipinski definition) is 3. The molecule has 0 bridgehead atoms. The average molecular weight is 367 g/mol. The minimum atomic E-state index is -0.107. The number of carbonyl (C=O) groups is 2. The van der Waals surface area contributed by atoms with E-state index in [1.54, 1.807) is 23.1 Å². The number of ketones is 1. The van der Waals surface area contributed by atoms with Gasteiger partial charge in [0.05, 0.1) is 0 Å². The molecule has 1 heterocycles. The third kappa shape index (κ3) is 5.25. The van der Waals surface area contributed by atoms with E-state index < -0.39 is 0 Å². The van der Waals surface area contributed by atoms with E-state index in [2.05, 4.69) is 29.6 Å². The average Bonchev–Trinajstić information content (AvgIpc) is 2.69. The van der Waals surface area contributed by atoms with Gasteiger partial charge in [0.25, 0.3) is 5.91 Å². The quantitative estimate of drug-likeness (QED) is 0.639. The van der Waals surface area contributed by atoms with Crippen LogP contribution in [0.2, 0.25) is 0 Å². The Bertz CT molecular complexity index is 783. The van der Waals surface area contributed by atoms with Crippen molar-refractivity contribution in [3.05, 3.63) is 65.7 Å². The van der Waals surface area contributed by atoms with Gasteiger partial charge in [0.15, 0.2) is 11.8 Å². The zero-order valence-electron chi connectivity index (χ0n) is 16.1. The van der Waals surface area contributed by atoms with Gasteiger partial charge in [-0.05, 0) is 26.0 Å². The lowest BCUT2D eigenvalue weighted by molar-refractivity contribution is -1.02. The summed E-state index contributed by atoms with van der Waals surface area (Å²) in [5.41, 5.74) is 2.67. The molecule has 1 saturated heterocycles. The molecule has 5 heteroatoms. The summed E-state index contributed by atoms with van der Waals surface area (Å²) in [5.74, 6) is 0.0134. The van der Waals surface area contributed by atoms with Crippen LogP contribution in [-0.2, 0) is 11.3 Å². The highest BCUT2D eigenvalue weighted by Gasteiger charge is 2.31. The maximum Gasteiger partial charge on any atom is 0.282 e. The first-order chi connectivity index (χ1) is 13.0. The predicted octanol–water partition coefficient (Wildman–Crippen LogP) is 0.200. The molecule has 0 aromatic heterocycles. The fraction of sp³-hybridized carbons (Fsp3) is 0.364. The summed E-state index contributed by atoms with van der Waals surface area (Å²) in [4.78, 5) is 27.1. The molecule has 1 atom stereocenters. The van der Waals surface area contributed by atoms with Gasteiger partial charge in [-0.3, -0.25) is 9.59 Å². The topological polar surface area (TPSA) is 55.0 Å². The van der Waals surface area contributed by atoms with Crippen molar-refractivity contribution in [1.82, 2.24) is 0 Å².